The van der Waals surface area contributed by atoms with Crippen LogP contribution >= 0.6 is 0 Å². The maximum absolute atomic E-state index is 13.8. The number of carbonyl (C=O) groups excluding carboxylic acids is 2. The van der Waals surface area contributed by atoms with Gasteiger partial charge in [0.1, 0.15) is 17.3 Å². The largest absolute Gasteiger partial charge is 0.497 e. The molecule has 0 unspecified atom stereocenters. The number of methoxy groups -OCH3 is 3. The lowest BCUT2D eigenvalue weighted by molar-refractivity contribution is -0.120. The summed E-state index contributed by atoms with van der Waals surface area (Å²) in [7, 11) is 4.62. The summed E-state index contributed by atoms with van der Waals surface area (Å²) in [6.07, 6.45) is 1.99. The molecule has 3 aromatic carbocycles. The molecule has 0 N–H and O–H groups in total. The number of esters is 1. The SMILES string of the molecule is COC(=O)c1cc(-c2ccc(OC)c(C)c2)ccc1CN(C(=O)CC(C)(C)C)c1nccc2cc(OC)ccc12. The van der Waals surface area contributed by atoms with E-state index in [4.69, 9.17) is 14.2 Å². The van der Waals surface area contributed by atoms with Crippen molar-refractivity contribution in [3.63, 3.8) is 0 Å². The minimum Gasteiger partial charge on any atom is -0.497 e. The normalized spacial score (nSPS) is 11.3. The van der Waals surface area contributed by atoms with Crippen LogP contribution in [0.3, 0.4) is 0 Å². The molecular formula is C33H36N2O5. The number of pyridine rings is 1. The van der Waals surface area contributed by atoms with Crippen LogP contribution in [0, 0.1) is 12.3 Å². The van der Waals surface area contributed by atoms with Crippen LogP contribution < -0.4 is 14.4 Å². The Morgan fingerprint density at radius 1 is 0.875 bits per heavy atom. The number of anilines is 1. The molecule has 0 bridgehead atoms. The van der Waals surface area contributed by atoms with Gasteiger partial charge in [-0.2, -0.15) is 0 Å². The summed E-state index contributed by atoms with van der Waals surface area (Å²) in [4.78, 5) is 33.1. The number of rotatable bonds is 8. The molecule has 0 radical (unpaired) electrons. The van der Waals surface area contributed by atoms with Gasteiger partial charge in [0.05, 0.1) is 33.4 Å². The Morgan fingerprint density at radius 3 is 2.25 bits per heavy atom. The smallest absolute Gasteiger partial charge is 0.338 e. The van der Waals surface area contributed by atoms with Crippen LogP contribution in [0.25, 0.3) is 21.9 Å². The minimum absolute atomic E-state index is 0.0889. The summed E-state index contributed by atoms with van der Waals surface area (Å²) >= 11 is 0. The highest BCUT2D eigenvalue weighted by atomic mass is 16.5. The van der Waals surface area contributed by atoms with E-state index in [2.05, 4.69) is 4.98 Å². The van der Waals surface area contributed by atoms with E-state index < -0.39 is 5.97 Å². The first-order valence-electron chi connectivity index (χ1n) is 13.1. The molecule has 0 aliphatic heterocycles. The average Bonchev–Trinajstić information content (AvgIpc) is 2.93. The lowest BCUT2D eigenvalue weighted by atomic mass is 9.91. The van der Waals surface area contributed by atoms with Crippen molar-refractivity contribution in [3.8, 4) is 22.6 Å². The molecule has 0 atom stereocenters. The van der Waals surface area contributed by atoms with Crippen LogP contribution in [0.5, 0.6) is 11.5 Å². The number of carbonyl (C=O) groups is 2. The maximum atomic E-state index is 13.8. The van der Waals surface area contributed by atoms with Crippen LogP contribution in [-0.4, -0.2) is 38.2 Å². The molecule has 0 aliphatic carbocycles. The van der Waals surface area contributed by atoms with Gasteiger partial charge >= 0.3 is 5.97 Å². The molecule has 0 fully saturated rings. The minimum atomic E-state index is -0.471. The molecule has 4 aromatic rings. The van der Waals surface area contributed by atoms with Crippen LogP contribution in [0.15, 0.2) is 66.9 Å². The highest BCUT2D eigenvalue weighted by molar-refractivity contribution is 6.03. The van der Waals surface area contributed by atoms with Gasteiger partial charge in [-0.05, 0) is 82.4 Å². The van der Waals surface area contributed by atoms with Crippen molar-refractivity contribution in [1.82, 2.24) is 4.98 Å². The van der Waals surface area contributed by atoms with Gasteiger partial charge in [-0.3, -0.25) is 9.69 Å². The van der Waals surface area contributed by atoms with Crippen molar-refractivity contribution in [3.05, 3.63) is 83.6 Å². The standard InChI is InChI=1S/C33H36N2O5/c1-21-16-22(10-13-29(21)39-6)23-8-9-25(28(18-23)32(37)40-7)20-35(30(36)19-33(2,3)4)31-27-12-11-26(38-5)17-24(27)14-15-34-31/h8-18H,19-20H2,1-7H3. The van der Waals surface area contributed by atoms with E-state index in [0.29, 0.717) is 23.4 Å². The number of ether oxygens (including phenoxy) is 3. The fourth-order valence-corrected chi connectivity index (χ4v) is 4.73. The highest BCUT2D eigenvalue weighted by Crippen LogP contribution is 2.33. The number of fused-ring (bicyclic) bond motifs is 1. The fourth-order valence-electron chi connectivity index (χ4n) is 4.73. The average molecular weight is 541 g/mol. The third-order valence-electron chi connectivity index (χ3n) is 6.76. The van der Waals surface area contributed by atoms with E-state index in [1.165, 1.54) is 7.11 Å². The molecular weight excluding hydrogens is 504 g/mol. The van der Waals surface area contributed by atoms with Crippen molar-refractivity contribution in [2.24, 2.45) is 5.41 Å². The predicted molar refractivity (Wildman–Crippen MR) is 158 cm³/mol. The maximum Gasteiger partial charge on any atom is 0.338 e. The number of amides is 1. The monoisotopic (exact) mass is 540 g/mol. The zero-order valence-electron chi connectivity index (χ0n) is 24.2. The second-order valence-corrected chi connectivity index (χ2v) is 11.0. The van der Waals surface area contributed by atoms with E-state index in [1.54, 1.807) is 25.3 Å². The summed E-state index contributed by atoms with van der Waals surface area (Å²) in [5.74, 6) is 1.48. The van der Waals surface area contributed by atoms with Crippen molar-refractivity contribution in [2.45, 2.75) is 40.7 Å². The topological polar surface area (TPSA) is 78.0 Å². The number of aryl methyl sites for hydroxylation is 1. The second-order valence-electron chi connectivity index (χ2n) is 11.0. The van der Waals surface area contributed by atoms with Crippen LogP contribution in [0.1, 0.15) is 48.7 Å². The zero-order valence-corrected chi connectivity index (χ0v) is 24.2. The van der Waals surface area contributed by atoms with Gasteiger partial charge in [-0.25, -0.2) is 9.78 Å². The van der Waals surface area contributed by atoms with Gasteiger partial charge in [0.25, 0.3) is 0 Å². The Morgan fingerprint density at radius 2 is 1.60 bits per heavy atom. The van der Waals surface area contributed by atoms with Crippen LogP contribution in [0.4, 0.5) is 5.82 Å². The number of benzene rings is 3. The van der Waals surface area contributed by atoms with Crippen molar-refractivity contribution < 1.29 is 23.8 Å². The number of aromatic nitrogens is 1. The quantitative estimate of drug-likeness (QED) is 0.224. The molecule has 0 aliphatic rings. The summed E-state index contributed by atoms with van der Waals surface area (Å²) in [6.45, 7) is 8.20. The molecule has 208 valence electrons. The Kier molecular flexibility index (Phi) is 8.43. The predicted octanol–water partition coefficient (Wildman–Crippen LogP) is 6.98. The lowest BCUT2D eigenvalue weighted by Gasteiger charge is -2.28. The van der Waals surface area contributed by atoms with Gasteiger partial charge in [0.2, 0.25) is 5.91 Å². The molecule has 0 spiro atoms. The van der Waals surface area contributed by atoms with E-state index in [9.17, 15) is 9.59 Å². The molecule has 4 rings (SSSR count). The molecule has 7 nitrogen and oxygen atoms in total. The number of nitrogens with zero attached hydrogens (tertiary/aromatic N) is 2. The highest BCUT2D eigenvalue weighted by Gasteiger charge is 2.27. The number of hydrogen-bond acceptors (Lipinski definition) is 6. The first-order chi connectivity index (χ1) is 19.0. The van der Waals surface area contributed by atoms with E-state index in [-0.39, 0.29) is 17.9 Å². The van der Waals surface area contributed by atoms with Gasteiger partial charge in [-0.1, -0.05) is 39.0 Å². The Hall–Kier alpha value is -4.39. The molecule has 0 saturated heterocycles. The first-order valence-corrected chi connectivity index (χ1v) is 13.1. The van der Waals surface area contributed by atoms with Crippen LogP contribution in [0.2, 0.25) is 0 Å². The van der Waals surface area contributed by atoms with E-state index in [0.717, 1.165) is 39.0 Å². The zero-order chi connectivity index (χ0) is 29.0. The van der Waals surface area contributed by atoms with Crippen molar-refractivity contribution in [1.29, 1.82) is 0 Å². The Bertz CT molecular complexity index is 1550. The van der Waals surface area contributed by atoms with Gasteiger partial charge in [0.15, 0.2) is 0 Å². The molecule has 1 aromatic heterocycles. The third-order valence-corrected chi connectivity index (χ3v) is 6.76. The van der Waals surface area contributed by atoms with Gasteiger partial charge in [-0.15, -0.1) is 0 Å². The first kappa shape index (κ1) is 28.6. The third kappa shape index (κ3) is 6.25. The Labute approximate surface area is 235 Å². The Balaban J connectivity index is 1.82. The fraction of sp³-hybridized carbons (Fsp3) is 0.303. The summed E-state index contributed by atoms with van der Waals surface area (Å²) < 4.78 is 16.0. The van der Waals surface area contributed by atoms with Gasteiger partial charge in [0, 0.05) is 18.0 Å². The lowest BCUT2D eigenvalue weighted by Crippen LogP contribution is -2.34. The molecule has 1 amide bonds. The molecule has 40 heavy (non-hydrogen) atoms. The molecule has 0 saturated carbocycles. The van der Waals surface area contributed by atoms with Gasteiger partial charge < -0.3 is 14.2 Å². The summed E-state index contributed by atoms with van der Waals surface area (Å²) in [5, 5.41) is 1.71. The van der Waals surface area contributed by atoms with Crippen LogP contribution in [-0.2, 0) is 16.1 Å². The van der Waals surface area contributed by atoms with Crippen molar-refractivity contribution in [2.75, 3.05) is 26.2 Å². The summed E-state index contributed by atoms with van der Waals surface area (Å²) in [5.41, 5.74) is 3.60. The van der Waals surface area contributed by atoms with Crippen molar-refractivity contribution >= 4 is 28.5 Å². The van der Waals surface area contributed by atoms with E-state index in [1.807, 2.05) is 88.4 Å². The number of hydrogen-bond donors (Lipinski definition) is 0. The molecule has 7 heteroatoms. The molecule has 1 heterocycles. The second kappa shape index (κ2) is 11.8. The van der Waals surface area contributed by atoms with E-state index >= 15 is 0 Å². The summed E-state index contributed by atoms with van der Waals surface area (Å²) in [6, 6.07) is 19.1.